The van der Waals surface area contributed by atoms with E-state index in [1.807, 2.05) is 24.0 Å². The minimum atomic E-state index is 0.746. The van der Waals surface area contributed by atoms with E-state index in [4.69, 9.17) is 0 Å². The third-order valence-electron chi connectivity index (χ3n) is 7.72. The molecule has 1 saturated heterocycles. The zero-order valence-electron chi connectivity index (χ0n) is 23.1. The summed E-state index contributed by atoms with van der Waals surface area (Å²) in [6.07, 6.45) is 15.5. The largest absolute Gasteiger partial charge is 0.371 e. The van der Waals surface area contributed by atoms with Crippen molar-refractivity contribution >= 4 is 29.6 Å². The van der Waals surface area contributed by atoms with Gasteiger partial charge in [0.15, 0.2) is 6.20 Å². The lowest BCUT2D eigenvalue weighted by atomic mass is 10.00. The van der Waals surface area contributed by atoms with E-state index in [1.54, 1.807) is 0 Å². The van der Waals surface area contributed by atoms with Crippen LogP contribution in [-0.4, -0.2) is 55.0 Å². The summed E-state index contributed by atoms with van der Waals surface area (Å²) in [6.45, 7) is 6.71. The highest BCUT2D eigenvalue weighted by Gasteiger charge is 2.31. The number of thioether (sulfide) groups is 1. The molecule has 5 nitrogen and oxygen atoms in total. The van der Waals surface area contributed by atoms with E-state index in [2.05, 4.69) is 114 Å². The van der Waals surface area contributed by atoms with E-state index in [9.17, 15) is 0 Å². The smallest absolute Gasteiger partial charge is 0.358 e. The maximum absolute atomic E-state index is 4.48. The summed E-state index contributed by atoms with van der Waals surface area (Å²) in [4.78, 5) is 7.04. The van der Waals surface area contributed by atoms with Crippen molar-refractivity contribution in [2.24, 2.45) is 7.05 Å². The predicted molar refractivity (Wildman–Crippen MR) is 155 cm³/mol. The van der Waals surface area contributed by atoms with Crippen LogP contribution in [-0.2, 0) is 13.6 Å². The Morgan fingerprint density at radius 2 is 1.78 bits per heavy atom. The molecule has 0 bridgehead atoms. The van der Waals surface area contributed by atoms with Gasteiger partial charge in [-0.05, 0) is 66.3 Å². The van der Waals surface area contributed by atoms with Crippen LogP contribution < -0.4 is 14.0 Å². The number of aromatic nitrogens is 3. The standard InChI is InChI=1S/C31H44N5S/c1-5-34-22-7-6-11-28(34)15-12-27-13-16-29(17-14-27)35-23-18-30(19-24-35)36(3,4)25-8-9-26-37-31-32-20-10-21-33(31)2/h6-7,10-17,20-22,30H,5,8-9,18-19,23-26H2,1-4H3/q+3. The van der Waals surface area contributed by atoms with Crippen molar-refractivity contribution in [2.45, 2.75) is 50.4 Å². The summed E-state index contributed by atoms with van der Waals surface area (Å²) >= 11 is 1.87. The molecule has 1 aliphatic heterocycles. The minimum absolute atomic E-state index is 0.746. The van der Waals surface area contributed by atoms with Gasteiger partial charge in [-0.3, -0.25) is 0 Å². The first kappa shape index (κ1) is 27.3. The molecule has 1 aliphatic rings. The number of quaternary nitrogens is 1. The molecule has 3 aromatic rings. The normalized spacial score (nSPS) is 15.0. The van der Waals surface area contributed by atoms with Gasteiger partial charge in [0.25, 0.3) is 0 Å². The highest BCUT2D eigenvalue weighted by Crippen LogP contribution is 2.26. The number of aryl methyl sites for hydroxylation is 2. The van der Waals surface area contributed by atoms with Crippen LogP contribution in [0.2, 0.25) is 0 Å². The Kier molecular flexibility index (Phi) is 9.75. The van der Waals surface area contributed by atoms with Gasteiger partial charge in [0.1, 0.15) is 12.7 Å². The summed E-state index contributed by atoms with van der Waals surface area (Å²) in [5.41, 5.74) is 3.83. The van der Waals surface area contributed by atoms with Crippen molar-refractivity contribution < 1.29 is 13.6 Å². The number of anilines is 1. The van der Waals surface area contributed by atoms with Gasteiger partial charge in [-0.25, -0.2) is 4.57 Å². The molecule has 0 radical (unpaired) electrons. The maximum atomic E-state index is 4.48. The van der Waals surface area contributed by atoms with Crippen molar-refractivity contribution in [2.75, 3.05) is 44.4 Å². The lowest BCUT2D eigenvalue weighted by Crippen LogP contribution is -2.54. The number of pyridine rings is 1. The molecule has 196 valence electrons. The van der Waals surface area contributed by atoms with Crippen molar-refractivity contribution in [1.29, 1.82) is 0 Å². The molecular formula is C31H44N5S+3. The molecule has 0 N–H and O–H groups in total. The van der Waals surface area contributed by atoms with E-state index < -0.39 is 0 Å². The van der Waals surface area contributed by atoms with Crippen LogP contribution >= 0.6 is 11.8 Å². The zero-order valence-corrected chi connectivity index (χ0v) is 23.9. The molecule has 2 aromatic heterocycles. The molecule has 3 heterocycles. The third kappa shape index (κ3) is 7.65. The molecule has 0 unspecified atom stereocenters. The molecule has 0 spiro atoms. The monoisotopic (exact) mass is 518 g/mol. The van der Waals surface area contributed by atoms with Crippen molar-refractivity contribution in [1.82, 2.24) is 4.98 Å². The third-order valence-corrected chi connectivity index (χ3v) is 8.86. The average Bonchev–Trinajstić information content (AvgIpc) is 2.93. The van der Waals surface area contributed by atoms with Gasteiger partial charge in [0.05, 0.1) is 39.9 Å². The molecular weight excluding hydrogens is 474 g/mol. The van der Waals surface area contributed by atoms with Crippen molar-refractivity contribution in [3.8, 4) is 0 Å². The fraction of sp³-hybridized carbons (Fsp3) is 0.452. The van der Waals surface area contributed by atoms with Gasteiger partial charge < -0.3 is 9.38 Å². The van der Waals surface area contributed by atoms with E-state index in [0.717, 1.165) is 41.1 Å². The number of hydrogen-bond donors (Lipinski definition) is 0. The zero-order chi connectivity index (χ0) is 26.1. The SMILES string of the molecule is CC[n+]1ccccc1/C=C/c1ccc(N2CCC([N+](C)(C)CCCCSc3nccc[n+]3C)CC2)cc1. The number of hydrogen-bond acceptors (Lipinski definition) is 3. The van der Waals surface area contributed by atoms with Gasteiger partial charge >= 0.3 is 5.16 Å². The summed E-state index contributed by atoms with van der Waals surface area (Å²) in [7, 11) is 6.94. The van der Waals surface area contributed by atoms with E-state index in [0.29, 0.717) is 0 Å². The first-order valence-corrected chi connectivity index (χ1v) is 14.7. The second-order valence-corrected chi connectivity index (χ2v) is 11.7. The van der Waals surface area contributed by atoms with Crippen molar-refractivity contribution in [3.63, 3.8) is 0 Å². The van der Waals surface area contributed by atoms with Crippen molar-refractivity contribution in [3.05, 3.63) is 78.4 Å². The predicted octanol–water partition coefficient (Wildman–Crippen LogP) is 5.00. The van der Waals surface area contributed by atoms with Crippen LogP contribution in [0.15, 0.2) is 72.3 Å². The van der Waals surface area contributed by atoms with E-state index >= 15 is 0 Å². The minimum Gasteiger partial charge on any atom is -0.371 e. The molecule has 0 atom stereocenters. The molecule has 0 aliphatic carbocycles. The van der Waals surface area contributed by atoms with Crippen LogP contribution in [0.3, 0.4) is 0 Å². The first-order valence-electron chi connectivity index (χ1n) is 13.7. The quantitative estimate of drug-likeness (QED) is 0.117. The van der Waals surface area contributed by atoms with Crippen LogP contribution in [0.25, 0.3) is 12.2 Å². The Morgan fingerprint density at radius 3 is 2.51 bits per heavy atom. The fourth-order valence-electron chi connectivity index (χ4n) is 5.27. The maximum Gasteiger partial charge on any atom is 0.358 e. The lowest BCUT2D eigenvalue weighted by molar-refractivity contribution is -0.916. The van der Waals surface area contributed by atoms with Gasteiger partial charge in [0, 0.05) is 61.6 Å². The fourth-order valence-corrected chi connectivity index (χ4v) is 6.20. The van der Waals surface area contributed by atoms with Gasteiger partial charge in [-0.1, -0.05) is 12.1 Å². The summed E-state index contributed by atoms with van der Waals surface area (Å²) in [5, 5.41) is 1.11. The van der Waals surface area contributed by atoms with Gasteiger partial charge in [0.2, 0.25) is 5.69 Å². The van der Waals surface area contributed by atoms with Crippen LogP contribution in [0, 0.1) is 0 Å². The average molecular weight is 519 g/mol. The number of benzene rings is 1. The van der Waals surface area contributed by atoms with Gasteiger partial charge in [-0.15, -0.1) is 0 Å². The molecule has 6 heteroatoms. The van der Waals surface area contributed by atoms with E-state index in [-0.39, 0.29) is 0 Å². The molecule has 1 fully saturated rings. The number of piperidine rings is 1. The van der Waals surface area contributed by atoms with Gasteiger partial charge in [-0.2, -0.15) is 4.57 Å². The van der Waals surface area contributed by atoms with Crippen LogP contribution in [0.4, 0.5) is 5.69 Å². The summed E-state index contributed by atoms with van der Waals surface area (Å²) in [5.74, 6) is 1.14. The Balaban J connectivity index is 1.21. The van der Waals surface area contributed by atoms with Crippen LogP contribution in [0.5, 0.6) is 0 Å². The first-order chi connectivity index (χ1) is 18.0. The second kappa shape index (κ2) is 13.2. The molecule has 0 amide bonds. The highest BCUT2D eigenvalue weighted by atomic mass is 32.2. The Labute approximate surface area is 228 Å². The lowest BCUT2D eigenvalue weighted by Gasteiger charge is -2.43. The highest BCUT2D eigenvalue weighted by molar-refractivity contribution is 7.99. The molecule has 0 saturated carbocycles. The number of nitrogens with zero attached hydrogens (tertiary/aromatic N) is 5. The van der Waals surface area contributed by atoms with Crippen LogP contribution in [0.1, 0.15) is 43.9 Å². The second-order valence-electron chi connectivity index (χ2n) is 10.6. The Morgan fingerprint density at radius 1 is 1.00 bits per heavy atom. The summed E-state index contributed by atoms with van der Waals surface area (Å²) in [6, 6.07) is 18.2. The van der Waals surface area contributed by atoms with E-state index in [1.165, 1.54) is 49.2 Å². The molecule has 1 aromatic carbocycles. The molecule has 37 heavy (non-hydrogen) atoms. The Hall–Kier alpha value is -2.70. The Bertz CT molecular complexity index is 1150. The topological polar surface area (TPSA) is 23.9 Å². The summed E-state index contributed by atoms with van der Waals surface area (Å²) < 4.78 is 5.50. The number of unbranched alkanes of at least 4 members (excludes halogenated alkanes) is 1. The molecule has 4 rings (SSSR count). The number of rotatable bonds is 11.